The number of para-hydroxylation sites is 3. The van der Waals surface area contributed by atoms with Crippen molar-refractivity contribution in [2.45, 2.75) is 5.88 Å². The molecule has 3 nitrogen and oxygen atoms in total. The first-order chi connectivity index (χ1) is 10.1. The van der Waals surface area contributed by atoms with Gasteiger partial charge in [-0.2, -0.15) is 0 Å². The Hall–Kier alpha value is -1.71. The topological polar surface area (TPSA) is 21.1 Å². The van der Waals surface area contributed by atoms with Crippen LogP contribution in [0.1, 0.15) is 5.82 Å². The fourth-order valence-corrected chi connectivity index (χ4v) is 2.89. The predicted octanol–water partition coefficient (Wildman–Crippen LogP) is 4.48. The second kappa shape index (κ2) is 5.58. The van der Waals surface area contributed by atoms with Gasteiger partial charge in [-0.3, -0.25) is 4.57 Å². The van der Waals surface area contributed by atoms with E-state index < -0.39 is 0 Å². The summed E-state index contributed by atoms with van der Waals surface area (Å²) < 4.78 is 2.07. The summed E-state index contributed by atoms with van der Waals surface area (Å²) in [6.07, 6.45) is 0. The number of imidazole rings is 1. The number of aromatic nitrogens is 2. The van der Waals surface area contributed by atoms with Gasteiger partial charge in [-0.15, -0.1) is 11.6 Å². The van der Waals surface area contributed by atoms with Crippen LogP contribution in [0.25, 0.3) is 16.7 Å². The van der Waals surface area contributed by atoms with Crippen LogP contribution in [-0.2, 0) is 5.88 Å². The maximum Gasteiger partial charge on any atom is 0.129 e. The summed E-state index contributed by atoms with van der Waals surface area (Å²) in [5.41, 5.74) is 3.89. The van der Waals surface area contributed by atoms with E-state index in [2.05, 4.69) is 26.6 Å². The summed E-state index contributed by atoms with van der Waals surface area (Å²) >= 11 is 12.4. The number of anilines is 1. The zero-order valence-electron chi connectivity index (χ0n) is 11.8. The van der Waals surface area contributed by atoms with Gasteiger partial charge in [0.2, 0.25) is 0 Å². The molecule has 0 aliphatic rings. The first-order valence-corrected chi connectivity index (χ1v) is 7.53. The van der Waals surface area contributed by atoms with Gasteiger partial charge in [0.1, 0.15) is 11.3 Å². The first kappa shape index (κ1) is 14.2. The fourth-order valence-electron chi connectivity index (χ4n) is 2.50. The highest BCUT2D eigenvalue weighted by molar-refractivity contribution is 6.35. The van der Waals surface area contributed by atoms with Crippen molar-refractivity contribution in [3.8, 4) is 5.69 Å². The molecule has 0 bridgehead atoms. The Bertz CT molecular complexity index is 793. The maximum atomic E-state index is 6.26. The van der Waals surface area contributed by atoms with Crippen LogP contribution in [0.4, 0.5) is 5.69 Å². The van der Waals surface area contributed by atoms with E-state index in [-0.39, 0.29) is 0 Å². The molecule has 0 fully saturated rings. The summed E-state index contributed by atoms with van der Waals surface area (Å²) in [4.78, 5) is 6.66. The monoisotopic (exact) mass is 319 g/mol. The van der Waals surface area contributed by atoms with Gasteiger partial charge >= 0.3 is 0 Å². The molecule has 108 valence electrons. The highest BCUT2D eigenvalue weighted by Gasteiger charge is 2.16. The first-order valence-electron chi connectivity index (χ1n) is 6.62. The van der Waals surface area contributed by atoms with Crippen molar-refractivity contribution >= 4 is 39.9 Å². The van der Waals surface area contributed by atoms with Gasteiger partial charge in [-0.25, -0.2) is 4.98 Å². The lowest BCUT2D eigenvalue weighted by Gasteiger charge is -2.19. The van der Waals surface area contributed by atoms with Crippen LogP contribution in [0.5, 0.6) is 0 Å². The van der Waals surface area contributed by atoms with Gasteiger partial charge in [0.15, 0.2) is 0 Å². The average molecular weight is 320 g/mol. The van der Waals surface area contributed by atoms with Crippen molar-refractivity contribution in [1.29, 1.82) is 0 Å². The Morgan fingerprint density at radius 2 is 1.86 bits per heavy atom. The van der Waals surface area contributed by atoms with E-state index in [0.29, 0.717) is 10.9 Å². The highest BCUT2D eigenvalue weighted by atomic mass is 35.5. The predicted molar refractivity (Wildman–Crippen MR) is 90.0 cm³/mol. The molecular formula is C16H15Cl2N3. The number of benzene rings is 2. The molecule has 0 unspecified atom stereocenters. The third-order valence-electron chi connectivity index (χ3n) is 3.43. The van der Waals surface area contributed by atoms with Gasteiger partial charge in [-0.1, -0.05) is 29.8 Å². The number of hydrogen-bond donors (Lipinski definition) is 0. The lowest BCUT2D eigenvalue weighted by Crippen LogP contribution is -2.13. The smallest absolute Gasteiger partial charge is 0.129 e. The molecule has 0 amide bonds. The highest BCUT2D eigenvalue weighted by Crippen LogP contribution is 2.31. The Morgan fingerprint density at radius 1 is 1.10 bits per heavy atom. The van der Waals surface area contributed by atoms with Crippen LogP contribution in [0.2, 0.25) is 5.02 Å². The second-order valence-corrected chi connectivity index (χ2v) is 5.66. The van der Waals surface area contributed by atoms with Crippen LogP contribution in [0.15, 0.2) is 42.5 Å². The van der Waals surface area contributed by atoms with Crippen molar-refractivity contribution in [3.63, 3.8) is 0 Å². The van der Waals surface area contributed by atoms with E-state index in [1.54, 1.807) is 0 Å². The van der Waals surface area contributed by atoms with E-state index in [0.717, 1.165) is 28.2 Å². The number of nitrogens with zero attached hydrogens (tertiary/aromatic N) is 3. The summed E-state index contributed by atoms with van der Waals surface area (Å²) in [6, 6.07) is 14.0. The molecule has 0 saturated carbocycles. The molecule has 1 heterocycles. The quantitative estimate of drug-likeness (QED) is 0.663. The van der Waals surface area contributed by atoms with E-state index in [1.165, 1.54) is 0 Å². The largest absolute Gasteiger partial charge is 0.376 e. The molecule has 0 N–H and O–H groups in total. The zero-order valence-corrected chi connectivity index (χ0v) is 13.4. The Balaban J connectivity index is 2.37. The lowest BCUT2D eigenvalue weighted by atomic mass is 10.2. The molecule has 0 radical (unpaired) electrons. The van der Waals surface area contributed by atoms with E-state index >= 15 is 0 Å². The van der Waals surface area contributed by atoms with Crippen LogP contribution < -0.4 is 4.90 Å². The molecule has 3 rings (SSSR count). The number of hydrogen-bond acceptors (Lipinski definition) is 2. The van der Waals surface area contributed by atoms with Crippen molar-refractivity contribution in [1.82, 2.24) is 9.55 Å². The van der Waals surface area contributed by atoms with Gasteiger partial charge < -0.3 is 4.90 Å². The van der Waals surface area contributed by atoms with Gasteiger partial charge in [0.25, 0.3) is 0 Å². The van der Waals surface area contributed by atoms with Crippen LogP contribution in [0, 0.1) is 0 Å². The minimum absolute atomic E-state index is 0.326. The van der Waals surface area contributed by atoms with Crippen LogP contribution >= 0.6 is 23.2 Å². The molecular weight excluding hydrogens is 305 g/mol. The summed E-state index contributed by atoms with van der Waals surface area (Å²) in [7, 11) is 4.04. The number of halogens is 2. The number of alkyl halides is 1. The van der Waals surface area contributed by atoms with Gasteiger partial charge in [0, 0.05) is 14.1 Å². The average Bonchev–Trinajstić information content (AvgIpc) is 2.87. The van der Waals surface area contributed by atoms with E-state index in [1.807, 2.05) is 44.4 Å². The molecule has 3 aromatic rings. The minimum atomic E-state index is 0.326. The molecule has 0 aliphatic carbocycles. The van der Waals surface area contributed by atoms with Gasteiger partial charge in [-0.05, 0) is 24.3 Å². The van der Waals surface area contributed by atoms with E-state index in [9.17, 15) is 0 Å². The van der Waals surface area contributed by atoms with Crippen LogP contribution in [0.3, 0.4) is 0 Å². The fraction of sp³-hybridized carbons (Fsp3) is 0.188. The third-order valence-corrected chi connectivity index (χ3v) is 3.97. The zero-order chi connectivity index (χ0) is 15.0. The van der Waals surface area contributed by atoms with Gasteiger partial charge in [0.05, 0.1) is 27.8 Å². The van der Waals surface area contributed by atoms with Crippen molar-refractivity contribution < 1.29 is 0 Å². The standard InChI is InChI=1S/C16H15Cl2N3/c1-20(2)12-7-3-4-8-13(12)21-14-9-5-6-11(18)16(14)19-15(21)10-17/h3-9H,10H2,1-2H3. The maximum absolute atomic E-state index is 6.26. The molecule has 21 heavy (non-hydrogen) atoms. The molecule has 0 saturated heterocycles. The summed E-state index contributed by atoms with van der Waals surface area (Å²) in [5.74, 6) is 1.11. The SMILES string of the molecule is CN(C)c1ccccc1-n1c(CCl)nc2c(Cl)cccc21. The molecule has 0 atom stereocenters. The molecule has 1 aromatic heterocycles. The summed E-state index contributed by atoms with van der Waals surface area (Å²) in [5, 5.41) is 0.639. The normalized spacial score (nSPS) is 11.0. The van der Waals surface area contributed by atoms with Crippen molar-refractivity contribution in [2.75, 3.05) is 19.0 Å². The van der Waals surface area contributed by atoms with Crippen molar-refractivity contribution in [2.24, 2.45) is 0 Å². The number of rotatable bonds is 3. The Labute approximate surface area is 133 Å². The minimum Gasteiger partial charge on any atom is -0.376 e. The lowest BCUT2D eigenvalue weighted by molar-refractivity contribution is 0.968. The Kier molecular flexibility index (Phi) is 3.79. The Morgan fingerprint density at radius 3 is 2.57 bits per heavy atom. The number of fused-ring (bicyclic) bond motifs is 1. The third kappa shape index (κ3) is 2.37. The molecule has 0 aliphatic heterocycles. The van der Waals surface area contributed by atoms with Crippen molar-refractivity contribution in [3.05, 3.63) is 53.3 Å². The molecule has 0 spiro atoms. The van der Waals surface area contributed by atoms with Crippen LogP contribution in [-0.4, -0.2) is 23.6 Å². The molecule has 2 aromatic carbocycles. The second-order valence-electron chi connectivity index (χ2n) is 4.99. The molecule has 5 heteroatoms. The van der Waals surface area contributed by atoms with E-state index in [4.69, 9.17) is 23.2 Å². The summed E-state index contributed by atoms with van der Waals surface area (Å²) in [6.45, 7) is 0.